The molecule has 0 fully saturated rings. The van der Waals surface area contributed by atoms with Gasteiger partial charge in [-0.3, -0.25) is 14.9 Å². The van der Waals surface area contributed by atoms with Crippen molar-refractivity contribution in [2.24, 2.45) is 0 Å². The van der Waals surface area contributed by atoms with Gasteiger partial charge in [0.15, 0.2) is 5.82 Å². The molecule has 7 nitrogen and oxygen atoms in total. The maximum atomic E-state index is 12.0. The smallest absolute Gasteiger partial charge is 0.251 e. The predicted molar refractivity (Wildman–Crippen MR) is 81.6 cm³/mol. The van der Waals surface area contributed by atoms with E-state index in [1.165, 1.54) is 0 Å². The molecule has 0 aliphatic rings. The topological polar surface area (TPSA) is 110 Å². The first-order valence-electron chi connectivity index (χ1n) is 6.68. The Morgan fingerprint density at radius 3 is 2.77 bits per heavy atom. The maximum absolute atomic E-state index is 12.0. The molecule has 0 aliphatic carbocycles. The lowest BCUT2D eigenvalue weighted by molar-refractivity contribution is 0.0950. The van der Waals surface area contributed by atoms with Crippen LogP contribution >= 0.6 is 0 Å². The van der Waals surface area contributed by atoms with E-state index in [-0.39, 0.29) is 12.5 Å². The highest BCUT2D eigenvalue weighted by Gasteiger charge is 2.08. The first kappa shape index (κ1) is 13.7. The highest BCUT2D eigenvalue weighted by Crippen LogP contribution is 2.12. The van der Waals surface area contributed by atoms with Gasteiger partial charge < -0.3 is 11.1 Å². The molecule has 0 bridgehead atoms. The van der Waals surface area contributed by atoms with E-state index < -0.39 is 0 Å². The van der Waals surface area contributed by atoms with Gasteiger partial charge in [-0.05, 0) is 36.4 Å². The van der Waals surface area contributed by atoms with Crippen molar-refractivity contribution in [3.8, 4) is 11.4 Å². The van der Waals surface area contributed by atoms with E-state index in [1.54, 1.807) is 36.7 Å². The third-order valence-corrected chi connectivity index (χ3v) is 3.04. The lowest BCUT2D eigenvalue weighted by atomic mass is 10.2. The third-order valence-electron chi connectivity index (χ3n) is 3.04. The van der Waals surface area contributed by atoms with Crippen LogP contribution in [0, 0.1) is 0 Å². The zero-order valence-electron chi connectivity index (χ0n) is 11.7. The van der Waals surface area contributed by atoms with Gasteiger partial charge >= 0.3 is 0 Å². The minimum absolute atomic E-state index is 0.195. The van der Waals surface area contributed by atoms with E-state index in [2.05, 4.69) is 25.5 Å². The second kappa shape index (κ2) is 6.04. The Hall–Kier alpha value is -3.22. The number of nitrogens with zero attached hydrogens (tertiary/aromatic N) is 3. The quantitative estimate of drug-likeness (QED) is 0.630. The number of rotatable bonds is 4. The van der Waals surface area contributed by atoms with E-state index in [0.717, 1.165) is 5.56 Å². The summed E-state index contributed by atoms with van der Waals surface area (Å²) in [6.07, 6.45) is 3.36. The van der Waals surface area contributed by atoms with E-state index in [1.807, 2.05) is 12.1 Å². The summed E-state index contributed by atoms with van der Waals surface area (Å²) in [5.74, 6) is 0.923. The fraction of sp³-hybridized carbons (Fsp3) is 0.0667. The van der Waals surface area contributed by atoms with Crippen molar-refractivity contribution in [2.75, 3.05) is 5.73 Å². The molecule has 1 aromatic carbocycles. The number of hydrogen-bond donors (Lipinski definition) is 3. The van der Waals surface area contributed by atoms with Gasteiger partial charge in [-0.1, -0.05) is 0 Å². The zero-order valence-corrected chi connectivity index (χ0v) is 11.7. The Labute approximate surface area is 126 Å². The number of carbonyl (C=O) groups is 1. The van der Waals surface area contributed by atoms with E-state index in [0.29, 0.717) is 22.9 Å². The van der Waals surface area contributed by atoms with E-state index in [9.17, 15) is 4.79 Å². The summed E-state index contributed by atoms with van der Waals surface area (Å²) in [7, 11) is 0. The van der Waals surface area contributed by atoms with Crippen molar-refractivity contribution in [3.05, 3.63) is 60.2 Å². The van der Waals surface area contributed by atoms with Gasteiger partial charge in [-0.15, -0.1) is 0 Å². The lowest BCUT2D eigenvalue weighted by Crippen LogP contribution is -2.23. The standard InChI is InChI=1S/C15H14N6O/c16-12-5-3-10(4-6-12)15(22)18-9-13-19-14(21-20-13)11-2-1-7-17-8-11/h1-8H,9,16H2,(H,18,22)(H,19,20,21). The summed E-state index contributed by atoms with van der Waals surface area (Å²) >= 11 is 0. The molecule has 1 amide bonds. The average Bonchev–Trinajstić information content (AvgIpc) is 3.03. The van der Waals surface area contributed by atoms with Crippen molar-refractivity contribution in [1.29, 1.82) is 0 Å². The van der Waals surface area contributed by atoms with Gasteiger partial charge in [-0.25, -0.2) is 4.98 Å². The number of aromatic amines is 1. The van der Waals surface area contributed by atoms with Gasteiger partial charge in [0.25, 0.3) is 5.91 Å². The van der Waals surface area contributed by atoms with Crippen LogP contribution in [-0.4, -0.2) is 26.1 Å². The van der Waals surface area contributed by atoms with Gasteiger partial charge in [0.2, 0.25) is 0 Å². The Bertz CT molecular complexity index is 766. The van der Waals surface area contributed by atoms with Crippen LogP contribution in [0.1, 0.15) is 16.2 Å². The minimum Gasteiger partial charge on any atom is -0.399 e. The summed E-state index contributed by atoms with van der Waals surface area (Å²) in [4.78, 5) is 20.3. The summed E-state index contributed by atoms with van der Waals surface area (Å²) in [5.41, 5.74) is 7.57. The Morgan fingerprint density at radius 2 is 2.05 bits per heavy atom. The number of nitrogens with two attached hydrogens (primary N) is 1. The van der Waals surface area contributed by atoms with Crippen LogP contribution in [0.15, 0.2) is 48.8 Å². The second-order valence-corrected chi connectivity index (χ2v) is 4.65. The van der Waals surface area contributed by atoms with Crippen LogP contribution in [0.5, 0.6) is 0 Å². The average molecular weight is 294 g/mol. The molecule has 3 rings (SSSR count). The molecule has 110 valence electrons. The fourth-order valence-electron chi connectivity index (χ4n) is 1.90. The van der Waals surface area contributed by atoms with Gasteiger partial charge in [0.05, 0.1) is 6.54 Å². The molecule has 22 heavy (non-hydrogen) atoms. The first-order chi connectivity index (χ1) is 10.7. The number of H-pyrrole nitrogens is 1. The van der Waals surface area contributed by atoms with Crippen molar-refractivity contribution in [3.63, 3.8) is 0 Å². The van der Waals surface area contributed by atoms with Crippen molar-refractivity contribution >= 4 is 11.6 Å². The SMILES string of the molecule is Nc1ccc(C(=O)NCc2nc(-c3cccnc3)n[nH]2)cc1. The zero-order chi connectivity index (χ0) is 15.4. The number of benzene rings is 1. The van der Waals surface area contributed by atoms with Crippen LogP contribution in [0.2, 0.25) is 0 Å². The predicted octanol–water partition coefficient (Wildman–Crippen LogP) is 1.38. The Morgan fingerprint density at radius 1 is 1.23 bits per heavy atom. The summed E-state index contributed by atoms with van der Waals surface area (Å²) < 4.78 is 0. The molecular formula is C15H14N6O. The third kappa shape index (κ3) is 3.09. The normalized spacial score (nSPS) is 10.4. The minimum atomic E-state index is -0.195. The lowest BCUT2D eigenvalue weighted by Gasteiger charge is -2.03. The Balaban J connectivity index is 1.64. The monoisotopic (exact) mass is 294 g/mol. The number of amides is 1. The molecule has 7 heteroatoms. The van der Waals surface area contributed by atoms with Crippen LogP contribution in [0.3, 0.4) is 0 Å². The summed E-state index contributed by atoms with van der Waals surface area (Å²) in [5, 5.41) is 9.67. The van der Waals surface area contributed by atoms with Crippen molar-refractivity contribution in [2.45, 2.75) is 6.54 Å². The summed E-state index contributed by atoms with van der Waals surface area (Å²) in [6.45, 7) is 0.260. The summed E-state index contributed by atoms with van der Waals surface area (Å²) in [6, 6.07) is 10.4. The van der Waals surface area contributed by atoms with Crippen LogP contribution in [-0.2, 0) is 6.54 Å². The second-order valence-electron chi connectivity index (χ2n) is 4.65. The molecule has 2 aromatic heterocycles. The van der Waals surface area contributed by atoms with Crippen molar-refractivity contribution < 1.29 is 4.79 Å². The molecule has 0 aliphatic heterocycles. The van der Waals surface area contributed by atoms with Gasteiger partial charge in [0.1, 0.15) is 5.82 Å². The van der Waals surface area contributed by atoms with Crippen LogP contribution < -0.4 is 11.1 Å². The number of aromatic nitrogens is 4. The molecule has 0 unspecified atom stereocenters. The molecule has 0 saturated heterocycles. The molecule has 0 spiro atoms. The molecule has 0 saturated carbocycles. The highest BCUT2D eigenvalue weighted by atomic mass is 16.1. The number of hydrogen-bond acceptors (Lipinski definition) is 5. The van der Waals surface area contributed by atoms with E-state index >= 15 is 0 Å². The molecule has 0 atom stereocenters. The first-order valence-corrected chi connectivity index (χ1v) is 6.68. The molecular weight excluding hydrogens is 280 g/mol. The maximum Gasteiger partial charge on any atom is 0.251 e. The molecule has 0 radical (unpaired) electrons. The number of carbonyl (C=O) groups excluding carboxylic acids is 1. The van der Waals surface area contributed by atoms with Gasteiger partial charge in [-0.2, -0.15) is 5.10 Å². The number of nitrogen functional groups attached to an aromatic ring is 1. The fourth-order valence-corrected chi connectivity index (χ4v) is 1.90. The highest BCUT2D eigenvalue weighted by molar-refractivity contribution is 5.94. The van der Waals surface area contributed by atoms with Gasteiger partial charge in [0, 0.05) is 29.2 Å². The molecule has 4 N–H and O–H groups in total. The number of nitrogens with one attached hydrogen (secondary N) is 2. The molecule has 3 aromatic rings. The van der Waals surface area contributed by atoms with Crippen LogP contribution in [0.4, 0.5) is 5.69 Å². The largest absolute Gasteiger partial charge is 0.399 e. The molecule has 2 heterocycles. The van der Waals surface area contributed by atoms with Crippen molar-refractivity contribution in [1.82, 2.24) is 25.5 Å². The number of anilines is 1. The Kier molecular flexibility index (Phi) is 3.78. The number of pyridine rings is 1. The van der Waals surface area contributed by atoms with E-state index in [4.69, 9.17) is 5.73 Å². The van der Waals surface area contributed by atoms with Crippen LogP contribution in [0.25, 0.3) is 11.4 Å².